The molecule has 0 aromatic heterocycles. The lowest BCUT2D eigenvalue weighted by Crippen LogP contribution is -2.13. The smallest absolute Gasteiger partial charge is 0.261 e. The maximum atomic E-state index is 12.5. The van der Waals surface area contributed by atoms with E-state index < -0.39 is 10.0 Å². The SMILES string of the molecule is Cc1cccc(NS(=O)(=O)c2ccc(NC(=O)/C=C/c3ccccc3)cc2)c1. The fourth-order valence-corrected chi connectivity index (χ4v) is 3.61. The maximum absolute atomic E-state index is 12.5. The highest BCUT2D eigenvalue weighted by atomic mass is 32.2. The number of rotatable bonds is 6. The molecule has 0 saturated heterocycles. The summed E-state index contributed by atoms with van der Waals surface area (Å²) in [4.78, 5) is 12.1. The molecule has 0 unspecified atom stereocenters. The summed E-state index contributed by atoms with van der Waals surface area (Å²) in [6.07, 6.45) is 3.14. The van der Waals surface area contributed by atoms with Crippen LogP contribution in [0.1, 0.15) is 11.1 Å². The molecule has 142 valence electrons. The lowest BCUT2D eigenvalue weighted by molar-refractivity contribution is -0.111. The second kappa shape index (κ2) is 8.54. The highest BCUT2D eigenvalue weighted by molar-refractivity contribution is 7.92. The van der Waals surface area contributed by atoms with Crippen molar-refractivity contribution in [2.24, 2.45) is 0 Å². The molecule has 3 rings (SSSR count). The van der Waals surface area contributed by atoms with E-state index >= 15 is 0 Å². The van der Waals surface area contributed by atoms with Crippen LogP contribution in [0, 0.1) is 6.92 Å². The number of hydrogen-bond donors (Lipinski definition) is 2. The summed E-state index contributed by atoms with van der Waals surface area (Å²) in [7, 11) is -3.70. The summed E-state index contributed by atoms with van der Waals surface area (Å²) in [5, 5.41) is 2.71. The van der Waals surface area contributed by atoms with Gasteiger partial charge in [-0.05, 0) is 60.5 Å². The predicted octanol–water partition coefficient (Wildman–Crippen LogP) is 4.45. The lowest BCUT2D eigenvalue weighted by atomic mass is 10.2. The number of carbonyl (C=O) groups is 1. The van der Waals surface area contributed by atoms with Crippen LogP contribution in [-0.4, -0.2) is 14.3 Å². The average Bonchev–Trinajstić information content (AvgIpc) is 2.67. The highest BCUT2D eigenvalue weighted by Crippen LogP contribution is 2.19. The molecule has 2 N–H and O–H groups in total. The lowest BCUT2D eigenvalue weighted by Gasteiger charge is -2.09. The van der Waals surface area contributed by atoms with Crippen molar-refractivity contribution in [3.8, 4) is 0 Å². The summed E-state index contributed by atoms with van der Waals surface area (Å²) < 4.78 is 27.5. The molecular weight excluding hydrogens is 372 g/mol. The number of aryl methyl sites for hydroxylation is 1. The van der Waals surface area contributed by atoms with Gasteiger partial charge in [-0.15, -0.1) is 0 Å². The van der Waals surface area contributed by atoms with Gasteiger partial charge in [0.15, 0.2) is 0 Å². The number of benzene rings is 3. The Kier molecular flexibility index (Phi) is 5.91. The number of anilines is 2. The van der Waals surface area contributed by atoms with E-state index in [-0.39, 0.29) is 10.8 Å². The minimum atomic E-state index is -3.70. The van der Waals surface area contributed by atoms with E-state index in [0.29, 0.717) is 11.4 Å². The molecule has 0 bridgehead atoms. The molecule has 0 aliphatic heterocycles. The molecule has 28 heavy (non-hydrogen) atoms. The zero-order valence-electron chi connectivity index (χ0n) is 15.3. The maximum Gasteiger partial charge on any atom is 0.261 e. The minimum Gasteiger partial charge on any atom is -0.323 e. The standard InChI is InChI=1S/C22H20N2O3S/c1-17-6-5-9-20(16-17)24-28(26,27)21-13-11-19(12-14-21)23-22(25)15-10-18-7-3-2-4-8-18/h2-16,24H,1H3,(H,23,25)/b15-10+. The van der Waals surface area contributed by atoms with Gasteiger partial charge in [-0.1, -0.05) is 42.5 Å². The van der Waals surface area contributed by atoms with Crippen molar-refractivity contribution in [2.75, 3.05) is 10.0 Å². The molecule has 6 heteroatoms. The summed E-state index contributed by atoms with van der Waals surface area (Å²) in [5.41, 5.74) is 2.89. The monoisotopic (exact) mass is 392 g/mol. The van der Waals surface area contributed by atoms with E-state index in [9.17, 15) is 13.2 Å². The Bertz CT molecular complexity index is 1090. The van der Waals surface area contributed by atoms with Crippen LogP contribution in [0.15, 0.2) is 89.8 Å². The third kappa shape index (κ3) is 5.31. The van der Waals surface area contributed by atoms with Crippen LogP contribution in [-0.2, 0) is 14.8 Å². The Labute approximate surface area is 164 Å². The fourth-order valence-electron chi connectivity index (χ4n) is 2.56. The molecule has 0 aliphatic rings. The first kappa shape index (κ1) is 19.4. The number of sulfonamides is 1. The third-order valence-corrected chi connectivity index (χ3v) is 5.33. The molecule has 3 aromatic carbocycles. The van der Waals surface area contributed by atoms with Crippen molar-refractivity contribution in [3.05, 3.63) is 96.1 Å². The van der Waals surface area contributed by atoms with Gasteiger partial charge < -0.3 is 5.32 Å². The second-order valence-electron chi connectivity index (χ2n) is 6.23. The predicted molar refractivity (Wildman–Crippen MR) is 113 cm³/mol. The Morgan fingerprint density at radius 1 is 0.857 bits per heavy atom. The van der Waals surface area contributed by atoms with Crippen LogP contribution in [0.5, 0.6) is 0 Å². The first-order chi connectivity index (χ1) is 13.4. The summed E-state index contributed by atoms with van der Waals surface area (Å²) >= 11 is 0. The van der Waals surface area contributed by atoms with Gasteiger partial charge in [-0.3, -0.25) is 9.52 Å². The van der Waals surface area contributed by atoms with Gasteiger partial charge in [-0.2, -0.15) is 0 Å². The molecule has 3 aromatic rings. The van der Waals surface area contributed by atoms with Crippen LogP contribution >= 0.6 is 0 Å². The summed E-state index contributed by atoms with van der Waals surface area (Å²) in [6, 6.07) is 22.6. The average molecular weight is 392 g/mol. The Morgan fingerprint density at radius 2 is 1.57 bits per heavy atom. The number of carbonyl (C=O) groups excluding carboxylic acids is 1. The minimum absolute atomic E-state index is 0.117. The number of amides is 1. The van der Waals surface area contributed by atoms with Gasteiger partial charge in [0.2, 0.25) is 5.91 Å². The van der Waals surface area contributed by atoms with Gasteiger partial charge in [0.25, 0.3) is 10.0 Å². The molecule has 0 spiro atoms. The quantitative estimate of drug-likeness (QED) is 0.609. The van der Waals surface area contributed by atoms with Crippen LogP contribution < -0.4 is 10.0 Å². The van der Waals surface area contributed by atoms with Crippen LogP contribution in [0.4, 0.5) is 11.4 Å². The summed E-state index contributed by atoms with van der Waals surface area (Å²) in [5.74, 6) is -0.294. The van der Waals surface area contributed by atoms with Crippen molar-refractivity contribution in [1.82, 2.24) is 0 Å². The second-order valence-corrected chi connectivity index (χ2v) is 7.92. The molecule has 0 heterocycles. The molecule has 0 fully saturated rings. The van der Waals surface area contributed by atoms with E-state index in [0.717, 1.165) is 11.1 Å². The van der Waals surface area contributed by atoms with Gasteiger partial charge in [0.1, 0.15) is 0 Å². The Morgan fingerprint density at radius 3 is 2.25 bits per heavy atom. The van der Waals surface area contributed by atoms with Crippen molar-refractivity contribution in [2.45, 2.75) is 11.8 Å². The highest BCUT2D eigenvalue weighted by Gasteiger charge is 2.14. The largest absolute Gasteiger partial charge is 0.323 e. The van der Waals surface area contributed by atoms with Crippen LogP contribution in [0.3, 0.4) is 0 Å². The first-order valence-corrected chi connectivity index (χ1v) is 10.1. The van der Waals surface area contributed by atoms with E-state index in [2.05, 4.69) is 10.0 Å². The number of hydrogen-bond acceptors (Lipinski definition) is 3. The van der Waals surface area contributed by atoms with E-state index in [4.69, 9.17) is 0 Å². The normalized spacial score (nSPS) is 11.3. The van der Waals surface area contributed by atoms with Crippen molar-refractivity contribution in [3.63, 3.8) is 0 Å². The third-order valence-electron chi connectivity index (χ3n) is 3.93. The zero-order valence-corrected chi connectivity index (χ0v) is 16.1. The van der Waals surface area contributed by atoms with E-state index in [1.165, 1.54) is 18.2 Å². The molecule has 0 aliphatic carbocycles. The van der Waals surface area contributed by atoms with Gasteiger partial charge >= 0.3 is 0 Å². The Balaban J connectivity index is 1.65. The Hall–Kier alpha value is -3.38. The van der Waals surface area contributed by atoms with Crippen molar-refractivity contribution in [1.29, 1.82) is 0 Å². The molecule has 5 nitrogen and oxygen atoms in total. The van der Waals surface area contributed by atoms with Crippen molar-refractivity contribution < 1.29 is 13.2 Å². The van der Waals surface area contributed by atoms with E-state index in [1.54, 1.807) is 36.4 Å². The van der Waals surface area contributed by atoms with Gasteiger partial charge in [-0.25, -0.2) is 8.42 Å². The zero-order chi connectivity index (χ0) is 20.0. The fraction of sp³-hybridized carbons (Fsp3) is 0.0455. The summed E-state index contributed by atoms with van der Waals surface area (Å²) in [6.45, 7) is 1.89. The van der Waals surface area contributed by atoms with E-state index in [1.807, 2.05) is 43.3 Å². The number of nitrogens with one attached hydrogen (secondary N) is 2. The molecule has 0 radical (unpaired) electrons. The molecule has 1 amide bonds. The molecule has 0 atom stereocenters. The van der Waals surface area contributed by atoms with Gasteiger partial charge in [0.05, 0.1) is 4.90 Å². The first-order valence-electron chi connectivity index (χ1n) is 8.66. The van der Waals surface area contributed by atoms with Crippen molar-refractivity contribution >= 4 is 33.4 Å². The van der Waals surface area contributed by atoms with Crippen LogP contribution in [0.25, 0.3) is 6.08 Å². The molecule has 0 saturated carbocycles. The molecular formula is C22H20N2O3S. The van der Waals surface area contributed by atoms with Gasteiger partial charge in [0, 0.05) is 17.5 Å². The van der Waals surface area contributed by atoms with Crippen LogP contribution in [0.2, 0.25) is 0 Å². The topological polar surface area (TPSA) is 75.3 Å².